The highest BCUT2D eigenvalue weighted by molar-refractivity contribution is 5.36. The lowest BCUT2D eigenvalue weighted by Crippen LogP contribution is -2.25. The lowest BCUT2D eigenvalue weighted by Gasteiger charge is -2.08. The molecule has 1 rings (SSSR count). The Kier molecular flexibility index (Phi) is 4.43. The molecule has 0 aliphatic carbocycles. The fourth-order valence-corrected chi connectivity index (χ4v) is 1.38. The Labute approximate surface area is 85.5 Å². The molecule has 0 bridgehead atoms. The second-order valence-electron chi connectivity index (χ2n) is 3.26. The molecule has 0 spiro atoms. The molecule has 0 aliphatic rings. The van der Waals surface area contributed by atoms with Crippen LogP contribution in [-0.2, 0) is 6.54 Å². The first-order valence-corrected chi connectivity index (χ1v) is 4.76. The van der Waals surface area contributed by atoms with Crippen molar-refractivity contribution in [2.24, 2.45) is 0 Å². The van der Waals surface area contributed by atoms with E-state index in [1.54, 1.807) is 7.11 Å². The monoisotopic (exact) mass is 194 g/mol. The van der Waals surface area contributed by atoms with Gasteiger partial charge in [-0.3, -0.25) is 0 Å². The van der Waals surface area contributed by atoms with Gasteiger partial charge in [-0.05, 0) is 31.2 Å². The van der Waals surface area contributed by atoms with Crippen LogP contribution < -0.4 is 15.4 Å². The van der Waals surface area contributed by atoms with Crippen molar-refractivity contribution in [3.8, 4) is 5.75 Å². The van der Waals surface area contributed by atoms with E-state index in [-0.39, 0.29) is 0 Å². The van der Waals surface area contributed by atoms with Gasteiger partial charge in [0.1, 0.15) is 5.75 Å². The van der Waals surface area contributed by atoms with Gasteiger partial charge in [-0.25, -0.2) is 0 Å². The van der Waals surface area contributed by atoms with E-state index in [1.165, 1.54) is 11.1 Å². The predicted octanol–water partition coefficient (Wildman–Crippen LogP) is 1.27. The fraction of sp³-hybridized carbons (Fsp3) is 0.455. The zero-order valence-corrected chi connectivity index (χ0v) is 9.05. The third-order valence-corrected chi connectivity index (χ3v) is 2.09. The lowest BCUT2D eigenvalue weighted by molar-refractivity contribution is 0.411. The second kappa shape index (κ2) is 5.62. The summed E-state index contributed by atoms with van der Waals surface area (Å²) >= 11 is 0. The van der Waals surface area contributed by atoms with Crippen LogP contribution in [0.1, 0.15) is 11.1 Å². The van der Waals surface area contributed by atoms with Crippen molar-refractivity contribution in [2.45, 2.75) is 13.5 Å². The maximum absolute atomic E-state index is 5.19. The number of hydrogen-bond donors (Lipinski definition) is 2. The molecular formula is C11H18N2O. The molecule has 0 amide bonds. The summed E-state index contributed by atoms with van der Waals surface area (Å²) in [7, 11) is 3.62. The highest BCUT2D eigenvalue weighted by atomic mass is 16.5. The summed E-state index contributed by atoms with van der Waals surface area (Å²) in [4.78, 5) is 0. The van der Waals surface area contributed by atoms with Crippen LogP contribution >= 0.6 is 0 Å². The second-order valence-corrected chi connectivity index (χ2v) is 3.26. The van der Waals surface area contributed by atoms with Gasteiger partial charge in [0.25, 0.3) is 0 Å². The van der Waals surface area contributed by atoms with Gasteiger partial charge in [-0.2, -0.15) is 0 Å². The van der Waals surface area contributed by atoms with E-state index < -0.39 is 0 Å². The van der Waals surface area contributed by atoms with Crippen molar-refractivity contribution in [3.63, 3.8) is 0 Å². The zero-order chi connectivity index (χ0) is 10.4. The van der Waals surface area contributed by atoms with Gasteiger partial charge in [0.2, 0.25) is 0 Å². The number of benzene rings is 1. The first-order chi connectivity index (χ1) is 6.77. The molecule has 0 aliphatic heterocycles. The third-order valence-electron chi connectivity index (χ3n) is 2.09. The topological polar surface area (TPSA) is 33.3 Å². The van der Waals surface area contributed by atoms with Crippen molar-refractivity contribution in [1.82, 2.24) is 10.6 Å². The lowest BCUT2D eigenvalue weighted by atomic mass is 10.1. The Morgan fingerprint density at radius 1 is 1.36 bits per heavy atom. The van der Waals surface area contributed by atoms with Crippen molar-refractivity contribution < 1.29 is 4.74 Å². The van der Waals surface area contributed by atoms with Gasteiger partial charge in [-0.15, -0.1) is 0 Å². The molecule has 0 aromatic heterocycles. The molecule has 0 heterocycles. The first-order valence-electron chi connectivity index (χ1n) is 4.76. The SMILES string of the molecule is CNCNCc1ccc(OC)c(C)c1. The minimum absolute atomic E-state index is 0.824. The molecule has 3 heteroatoms. The minimum atomic E-state index is 0.824. The Hall–Kier alpha value is -1.06. The molecular weight excluding hydrogens is 176 g/mol. The molecule has 1 aromatic rings. The van der Waals surface area contributed by atoms with E-state index in [9.17, 15) is 0 Å². The molecule has 0 saturated heterocycles. The van der Waals surface area contributed by atoms with Gasteiger partial charge in [0, 0.05) is 13.2 Å². The van der Waals surface area contributed by atoms with Crippen molar-refractivity contribution in [1.29, 1.82) is 0 Å². The number of nitrogens with one attached hydrogen (secondary N) is 2. The summed E-state index contributed by atoms with van der Waals surface area (Å²) < 4.78 is 5.19. The van der Waals surface area contributed by atoms with Gasteiger partial charge in [0.05, 0.1) is 7.11 Å². The third kappa shape index (κ3) is 3.01. The maximum Gasteiger partial charge on any atom is 0.121 e. The standard InChI is InChI=1S/C11H18N2O/c1-9-6-10(7-13-8-12-2)4-5-11(9)14-3/h4-6,12-13H,7-8H2,1-3H3. The molecule has 0 radical (unpaired) electrons. The van der Waals surface area contributed by atoms with Gasteiger partial charge < -0.3 is 15.4 Å². The van der Waals surface area contributed by atoms with Crippen molar-refractivity contribution in [3.05, 3.63) is 29.3 Å². The molecule has 2 N–H and O–H groups in total. The molecule has 3 nitrogen and oxygen atoms in total. The Balaban J connectivity index is 2.57. The molecule has 0 saturated carbocycles. The summed E-state index contributed by atoms with van der Waals surface area (Å²) in [6, 6.07) is 6.22. The summed E-state index contributed by atoms with van der Waals surface area (Å²) in [5.74, 6) is 0.947. The van der Waals surface area contributed by atoms with E-state index in [0.717, 1.165) is 19.0 Å². The number of hydrogen-bond acceptors (Lipinski definition) is 3. The van der Waals surface area contributed by atoms with E-state index in [0.29, 0.717) is 0 Å². The van der Waals surface area contributed by atoms with Gasteiger partial charge >= 0.3 is 0 Å². The van der Waals surface area contributed by atoms with Crippen LogP contribution in [0.4, 0.5) is 0 Å². The number of aryl methyl sites for hydroxylation is 1. The van der Waals surface area contributed by atoms with E-state index in [4.69, 9.17) is 4.74 Å². The van der Waals surface area contributed by atoms with Crippen LogP contribution in [0.25, 0.3) is 0 Å². The number of ether oxygens (including phenoxy) is 1. The summed E-state index contributed by atoms with van der Waals surface area (Å²) in [6.45, 7) is 3.76. The number of methoxy groups -OCH3 is 1. The first kappa shape index (κ1) is 11.0. The van der Waals surface area contributed by atoms with Crippen LogP contribution in [-0.4, -0.2) is 20.8 Å². The quantitative estimate of drug-likeness (QED) is 0.547. The Morgan fingerprint density at radius 2 is 2.14 bits per heavy atom. The van der Waals surface area contributed by atoms with Crippen molar-refractivity contribution in [2.75, 3.05) is 20.8 Å². The van der Waals surface area contributed by atoms with Gasteiger partial charge in [-0.1, -0.05) is 12.1 Å². The highest BCUT2D eigenvalue weighted by Crippen LogP contribution is 2.18. The zero-order valence-electron chi connectivity index (χ0n) is 9.05. The average Bonchev–Trinajstić information content (AvgIpc) is 2.18. The van der Waals surface area contributed by atoms with E-state index >= 15 is 0 Å². The van der Waals surface area contributed by atoms with Gasteiger partial charge in [0.15, 0.2) is 0 Å². The van der Waals surface area contributed by atoms with E-state index in [2.05, 4.69) is 29.7 Å². The largest absolute Gasteiger partial charge is 0.496 e. The highest BCUT2D eigenvalue weighted by Gasteiger charge is 1.98. The fourth-order valence-electron chi connectivity index (χ4n) is 1.38. The minimum Gasteiger partial charge on any atom is -0.496 e. The molecule has 1 aromatic carbocycles. The van der Waals surface area contributed by atoms with Crippen LogP contribution in [0.5, 0.6) is 5.75 Å². The normalized spacial score (nSPS) is 10.2. The molecule has 0 unspecified atom stereocenters. The van der Waals surface area contributed by atoms with Crippen LogP contribution in [0.3, 0.4) is 0 Å². The van der Waals surface area contributed by atoms with Crippen LogP contribution in [0.15, 0.2) is 18.2 Å². The summed E-state index contributed by atoms with van der Waals surface area (Å²) in [5.41, 5.74) is 2.45. The maximum atomic E-state index is 5.19. The predicted molar refractivity (Wildman–Crippen MR) is 58.5 cm³/mol. The smallest absolute Gasteiger partial charge is 0.121 e. The summed E-state index contributed by atoms with van der Waals surface area (Å²) in [5, 5.41) is 6.30. The molecule has 78 valence electrons. The molecule has 0 fully saturated rings. The molecule has 14 heavy (non-hydrogen) atoms. The number of rotatable bonds is 5. The Bertz CT molecular complexity index is 287. The Morgan fingerprint density at radius 3 is 2.71 bits per heavy atom. The van der Waals surface area contributed by atoms with Crippen LogP contribution in [0, 0.1) is 6.92 Å². The summed E-state index contributed by atoms with van der Waals surface area (Å²) in [6.07, 6.45) is 0. The van der Waals surface area contributed by atoms with Crippen molar-refractivity contribution >= 4 is 0 Å². The average molecular weight is 194 g/mol. The van der Waals surface area contributed by atoms with E-state index in [1.807, 2.05) is 13.1 Å². The molecule has 0 atom stereocenters. The van der Waals surface area contributed by atoms with Crippen LogP contribution in [0.2, 0.25) is 0 Å².